The van der Waals surface area contributed by atoms with E-state index in [4.69, 9.17) is 12.2 Å². The third-order valence-corrected chi connectivity index (χ3v) is 5.46. The summed E-state index contributed by atoms with van der Waals surface area (Å²) in [4.78, 5) is 27.9. The van der Waals surface area contributed by atoms with E-state index in [1.165, 1.54) is 12.1 Å². The van der Waals surface area contributed by atoms with Gasteiger partial charge >= 0.3 is 6.61 Å². The number of hydrogen-bond acceptors (Lipinski definition) is 4. The van der Waals surface area contributed by atoms with Crippen molar-refractivity contribution in [2.75, 3.05) is 0 Å². The predicted molar refractivity (Wildman–Crippen MR) is 121 cm³/mol. The number of rotatable bonds is 10. The molecule has 1 amide bonds. The summed E-state index contributed by atoms with van der Waals surface area (Å²) < 4.78 is 31.1. The van der Waals surface area contributed by atoms with Crippen molar-refractivity contribution in [3.8, 4) is 5.75 Å². The number of unbranched alkanes of at least 4 members (excludes halogenated alkanes) is 2. The molecule has 2 N–H and O–H groups in total. The molecule has 3 rings (SSSR count). The van der Waals surface area contributed by atoms with E-state index in [1.54, 1.807) is 29.7 Å². The molecule has 0 fully saturated rings. The summed E-state index contributed by atoms with van der Waals surface area (Å²) in [5.74, 6) is -0.0706. The fourth-order valence-electron chi connectivity index (χ4n) is 3.49. The average molecular weight is 462 g/mol. The van der Waals surface area contributed by atoms with Crippen LogP contribution in [0.5, 0.6) is 5.75 Å². The third-order valence-electron chi connectivity index (χ3n) is 5.14. The molecule has 0 saturated heterocycles. The van der Waals surface area contributed by atoms with Crippen LogP contribution in [0, 0.1) is 4.77 Å². The second kappa shape index (κ2) is 11.0. The van der Waals surface area contributed by atoms with Gasteiger partial charge in [0.25, 0.3) is 5.56 Å². The monoisotopic (exact) mass is 461 g/mol. The lowest BCUT2D eigenvalue weighted by Crippen LogP contribution is -2.26. The number of ether oxygens (including phenoxy) is 1. The minimum Gasteiger partial charge on any atom is -0.435 e. The van der Waals surface area contributed by atoms with Gasteiger partial charge in [0.2, 0.25) is 5.91 Å². The predicted octanol–water partition coefficient (Wildman–Crippen LogP) is 5.10. The Balaban J connectivity index is 1.45. The van der Waals surface area contributed by atoms with Crippen molar-refractivity contribution >= 4 is 29.0 Å². The van der Waals surface area contributed by atoms with Crippen LogP contribution in [0.15, 0.2) is 53.3 Å². The molecule has 0 aliphatic rings. The van der Waals surface area contributed by atoms with Crippen molar-refractivity contribution < 1.29 is 18.3 Å². The first-order valence-electron chi connectivity index (χ1n) is 10.4. The molecule has 1 heterocycles. The van der Waals surface area contributed by atoms with Crippen molar-refractivity contribution in [2.24, 2.45) is 0 Å². The molecule has 0 radical (unpaired) electrons. The Bertz CT molecular complexity index is 1190. The normalized spacial score (nSPS) is 12.1. The van der Waals surface area contributed by atoms with Gasteiger partial charge in [-0.25, -0.2) is 0 Å². The number of benzene rings is 2. The van der Waals surface area contributed by atoms with E-state index in [0.29, 0.717) is 41.5 Å². The average Bonchev–Trinajstić information content (AvgIpc) is 2.75. The van der Waals surface area contributed by atoms with Crippen LogP contribution in [0.3, 0.4) is 0 Å². The van der Waals surface area contributed by atoms with E-state index in [1.807, 2.05) is 18.2 Å². The van der Waals surface area contributed by atoms with Crippen molar-refractivity contribution in [1.29, 1.82) is 0 Å². The smallest absolute Gasteiger partial charge is 0.387 e. The summed E-state index contributed by atoms with van der Waals surface area (Å²) in [6.07, 6.45) is 2.46. The highest BCUT2D eigenvalue weighted by Gasteiger charge is 2.12. The summed E-state index contributed by atoms with van der Waals surface area (Å²) >= 11 is 5.31. The summed E-state index contributed by atoms with van der Waals surface area (Å²) in [5.41, 5.74) is 1.28. The Labute approximate surface area is 189 Å². The summed E-state index contributed by atoms with van der Waals surface area (Å²) in [7, 11) is 0. The molecular weight excluding hydrogens is 436 g/mol. The van der Waals surface area contributed by atoms with Gasteiger partial charge < -0.3 is 15.0 Å². The first-order chi connectivity index (χ1) is 15.3. The molecule has 1 aromatic heterocycles. The van der Waals surface area contributed by atoms with E-state index in [9.17, 15) is 18.4 Å². The number of para-hydroxylation sites is 1. The number of carbonyl (C=O) groups is 1. The number of fused-ring (bicyclic) bond motifs is 1. The van der Waals surface area contributed by atoms with Crippen LogP contribution in [0.1, 0.15) is 44.2 Å². The molecular formula is C23H25F2N3O3S. The lowest BCUT2D eigenvalue weighted by atomic mass is 10.1. The Morgan fingerprint density at radius 2 is 1.94 bits per heavy atom. The standard InChI is InChI=1S/C23H25F2N3O3S/c1-15(16-8-7-9-17(14-16)31-22(24)25)26-20(29)12-3-2-6-13-28-21(30)18-10-4-5-11-19(18)27-23(28)32/h4-5,7-11,14-15,22H,2-3,6,12-13H2,1H3,(H,26,29)(H,27,32). The maximum Gasteiger partial charge on any atom is 0.387 e. The number of amides is 1. The van der Waals surface area contributed by atoms with Crippen molar-refractivity contribution in [3.05, 3.63) is 69.2 Å². The van der Waals surface area contributed by atoms with Gasteiger partial charge in [-0.05, 0) is 61.8 Å². The molecule has 1 atom stereocenters. The van der Waals surface area contributed by atoms with E-state index in [0.717, 1.165) is 11.9 Å². The molecule has 6 nitrogen and oxygen atoms in total. The Kier molecular flexibility index (Phi) is 8.10. The highest BCUT2D eigenvalue weighted by atomic mass is 32.1. The molecule has 0 spiro atoms. The molecule has 0 aliphatic heterocycles. The second-order valence-electron chi connectivity index (χ2n) is 7.48. The SMILES string of the molecule is CC(NC(=O)CCCCCn1c(=S)[nH]c2ccccc2c1=O)c1cccc(OC(F)F)c1. The maximum atomic E-state index is 12.6. The van der Waals surface area contributed by atoms with Crippen LogP contribution in [0.25, 0.3) is 10.9 Å². The number of halogens is 2. The molecule has 1 unspecified atom stereocenters. The molecule has 3 aromatic rings. The van der Waals surface area contributed by atoms with Crippen LogP contribution in [0.2, 0.25) is 0 Å². The number of aromatic amines is 1. The quantitative estimate of drug-likeness (QED) is 0.325. The van der Waals surface area contributed by atoms with Crippen molar-refractivity contribution in [3.63, 3.8) is 0 Å². The van der Waals surface area contributed by atoms with Gasteiger partial charge in [0, 0.05) is 13.0 Å². The fraction of sp³-hybridized carbons (Fsp3) is 0.348. The molecule has 2 aromatic carbocycles. The molecule has 0 aliphatic carbocycles. The number of aromatic nitrogens is 2. The minimum absolute atomic E-state index is 0.0564. The minimum atomic E-state index is -2.89. The highest BCUT2D eigenvalue weighted by Crippen LogP contribution is 2.21. The number of H-pyrrole nitrogens is 1. The third kappa shape index (κ3) is 6.23. The van der Waals surface area contributed by atoms with E-state index in [2.05, 4.69) is 15.0 Å². The lowest BCUT2D eigenvalue weighted by molar-refractivity contribution is -0.121. The van der Waals surface area contributed by atoms with Gasteiger partial charge in [-0.1, -0.05) is 30.7 Å². The second-order valence-corrected chi connectivity index (χ2v) is 7.87. The molecule has 32 heavy (non-hydrogen) atoms. The number of nitrogens with zero attached hydrogens (tertiary/aromatic N) is 1. The fourth-order valence-corrected chi connectivity index (χ4v) is 3.78. The number of hydrogen-bond donors (Lipinski definition) is 2. The summed E-state index contributed by atoms with van der Waals surface area (Å²) in [6.45, 7) is -0.628. The van der Waals surface area contributed by atoms with Gasteiger partial charge in [0.1, 0.15) is 5.75 Å². The van der Waals surface area contributed by atoms with Crippen LogP contribution < -0.4 is 15.6 Å². The largest absolute Gasteiger partial charge is 0.435 e. The Hall–Kier alpha value is -3.07. The van der Waals surface area contributed by atoms with Gasteiger partial charge in [-0.15, -0.1) is 0 Å². The van der Waals surface area contributed by atoms with Crippen LogP contribution in [0.4, 0.5) is 8.78 Å². The van der Waals surface area contributed by atoms with Crippen LogP contribution in [-0.4, -0.2) is 22.1 Å². The van der Waals surface area contributed by atoms with E-state index >= 15 is 0 Å². The molecule has 9 heteroatoms. The summed E-state index contributed by atoms with van der Waals surface area (Å²) in [6, 6.07) is 13.2. The highest BCUT2D eigenvalue weighted by molar-refractivity contribution is 7.71. The van der Waals surface area contributed by atoms with Gasteiger partial charge in [-0.3, -0.25) is 14.2 Å². The zero-order valence-corrected chi connectivity index (χ0v) is 18.5. The Morgan fingerprint density at radius 1 is 1.16 bits per heavy atom. The Morgan fingerprint density at radius 3 is 2.72 bits per heavy atom. The number of carbonyl (C=O) groups excluding carboxylic acids is 1. The topological polar surface area (TPSA) is 76.1 Å². The first kappa shape index (κ1) is 23.6. The molecule has 0 bridgehead atoms. The van der Waals surface area contributed by atoms with Crippen molar-refractivity contribution in [1.82, 2.24) is 14.9 Å². The van der Waals surface area contributed by atoms with E-state index in [-0.39, 0.29) is 23.3 Å². The van der Waals surface area contributed by atoms with Crippen molar-refractivity contribution in [2.45, 2.75) is 51.8 Å². The number of alkyl halides is 2. The maximum absolute atomic E-state index is 12.6. The molecule has 0 saturated carbocycles. The summed E-state index contributed by atoms with van der Waals surface area (Å²) in [5, 5.41) is 3.46. The van der Waals surface area contributed by atoms with Crippen LogP contribution in [-0.2, 0) is 11.3 Å². The van der Waals surface area contributed by atoms with Gasteiger partial charge in [0.05, 0.1) is 16.9 Å². The lowest BCUT2D eigenvalue weighted by Gasteiger charge is -2.15. The van der Waals surface area contributed by atoms with Gasteiger partial charge in [-0.2, -0.15) is 8.78 Å². The number of nitrogens with one attached hydrogen (secondary N) is 2. The zero-order valence-electron chi connectivity index (χ0n) is 17.6. The zero-order chi connectivity index (χ0) is 23.1. The van der Waals surface area contributed by atoms with Gasteiger partial charge in [0.15, 0.2) is 4.77 Å². The molecule has 170 valence electrons. The first-order valence-corrected chi connectivity index (χ1v) is 10.8. The van der Waals surface area contributed by atoms with E-state index < -0.39 is 6.61 Å². The van der Waals surface area contributed by atoms with Crippen LogP contribution >= 0.6 is 12.2 Å².